The summed E-state index contributed by atoms with van der Waals surface area (Å²) in [5.41, 5.74) is 0.817. The molecule has 1 N–H and O–H groups in total. The highest BCUT2D eigenvalue weighted by atomic mass is 35.7. The third-order valence-corrected chi connectivity index (χ3v) is 6.29. The minimum Gasteiger partial charge on any atom is -0.316 e. The number of anilines is 1. The van der Waals surface area contributed by atoms with Crippen LogP contribution in [0, 0.1) is 5.92 Å². The lowest BCUT2D eigenvalue weighted by molar-refractivity contribution is -0.117. The van der Waals surface area contributed by atoms with Crippen molar-refractivity contribution in [3.8, 4) is 0 Å². The molecule has 104 valence electrons. The number of thiophene rings is 1. The van der Waals surface area contributed by atoms with Gasteiger partial charge in [0.1, 0.15) is 9.90 Å². The third kappa shape index (κ3) is 2.66. The topological polar surface area (TPSA) is 63.2 Å². The fourth-order valence-electron chi connectivity index (χ4n) is 2.44. The van der Waals surface area contributed by atoms with E-state index < -0.39 is 9.05 Å². The maximum Gasteiger partial charge on any atom is 0.264 e. The van der Waals surface area contributed by atoms with Crippen molar-refractivity contribution < 1.29 is 13.2 Å². The molecule has 1 heterocycles. The van der Waals surface area contributed by atoms with Gasteiger partial charge in [-0.25, -0.2) is 8.42 Å². The standard InChI is InChI=1S/C12H14ClNO3S2/c13-19(16,17)10-8-3-1-2-4-9(8)18-12(10)14-11(15)7-5-6-7/h7H,1-6H2,(H,14,15). The lowest BCUT2D eigenvalue weighted by Crippen LogP contribution is -2.14. The van der Waals surface area contributed by atoms with Crippen LogP contribution < -0.4 is 5.32 Å². The average molecular weight is 320 g/mol. The van der Waals surface area contributed by atoms with Gasteiger partial charge in [-0.15, -0.1) is 11.3 Å². The predicted octanol–water partition coefficient (Wildman–Crippen LogP) is 2.90. The van der Waals surface area contributed by atoms with E-state index in [1.54, 1.807) is 0 Å². The maximum atomic E-state index is 11.8. The minimum atomic E-state index is -3.81. The first-order chi connectivity index (χ1) is 8.97. The molecule has 0 saturated heterocycles. The molecule has 0 atom stereocenters. The molecule has 3 rings (SSSR count). The molecule has 0 radical (unpaired) electrons. The Hall–Kier alpha value is -0.590. The van der Waals surface area contributed by atoms with Gasteiger partial charge in [-0.3, -0.25) is 4.79 Å². The van der Waals surface area contributed by atoms with E-state index >= 15 is 0 Å². The first-order valence-electron chi connectivity index (χ1n) is 6.37. The quantitative estimate of drug-likeness (QED) is 0.871. The second-order valence-corrected chi connectivity index (χ2v) is 8.68. The number of aryl methyl sites for hydroxylation is 1. The molecule has 1 amide bonds. The highest BCUT2D eigenvalue weighted by Gasteiger charge is 2.33. The third-order valence-electron chi connectivity index (χ3n) is 3.55. The van der Waals surface area contributed by atoms with Crippen molar-refractivity contribution in [3.05, 3.63) is 10.4 Å². The minimum absolute atomic E-state index is 0.0463. The Morgan fingerprint density at radius 2 is 1.95 bits per heavy atom. The number of hydrogen-bond acceptors (Lipinski definition) is 4. The Morgan fingerprint density at radius 3 is 2.58 bits per heavy atom. The van der Waals surface area contributed by atoms with Crippen molar-refractivity contribution >= 4 is 42.0 Å². The second kappa shape index (κ2) is 4.75. The van der Waals surface area contributed by atoms with Crippen molar-refractivity contribution in [2.24, 2.45) is 5.92 Å². The molecule has 0 aliphatic heterocycles. The van der Waals surface area contributed by atoms with Crippen LogP contribution in [-0.4, -0.2) is 14.3 Å². The normalized spacial score (nSPS) is 19.0. The van der Waals surface area contributed by atoms with Crippen LogP contribution in [0.15, 0.2) is 4.90 Å². The summed E-state index contributed by atoms with van der Waals surface area (Å²) in [6.45, 7) is 0. The largest absolute Gasteiger partial charge is 0.316 e. The summed E-state index contributed by atoms with van der Waals surface area (Å²) in [7, 11) is 1.73. The Kier molecular flexibility index (Phi) is 3.35. The highest BCUT2D eigenvalue weighted by Crippen LogP contribution is 2.43. The zero-order valence-corrected chi connectivity index (χ0v) is 12.6. The number of carbonyl (C=O) groups excluding carboxylic acids is 1. The number of hydrogen-bond donors (Lipinski definition) is 1. The molecule has 1 aromatic heterocycles. The Balaban J connectivity index is 2.02. The summed E-state index contributed by atoms with van der Waals surface area (Å²) in [5.74, 6) is -0.0369. The van der Waals surface area contributed by atoms with Gasteiger partial charge in [0.15, 0.2) is 0 Å². The van der Waals surface area contributed by atoms with Crippen molar-refractivity contribution in [2.45, 2.75) is 43.4 Å². The molecule has 1 fully saturated rings. The lowest BCUT2D eigenvalue weighted by atomic mass is 9.99. The van der Waals surface area contributed by atoms with Crippen LogP contribution in [0.25, 0.3) is 0 Å². The summed E-state index contributed by atoms with van der Waals surface area (Å²) < 4.78 is 23.5. The van der Waals surface area contributed by atoms with Gasteiger partial charge in [0.2, 0.25) is 5.91 Å². The van der Waals surface area contributed by atoms with Crippen LogP contribution >= 0.6 is 22.0 Å². The number of amides is 1. The van der Waals surface area contributed by atoms with Gasteiger partial charge < -0.3 is 5.32 Å². The smallest absolute Gasteiger partial charge is 0.264 e. The molecule has 2 aliphatic rings. The monoisotopic (exact) mass is 319 g/mol. The van der Waals surface area contributed by atoms with Gasteiger partial charge in [-0.05, 0) is 44.1 Å². The number of nitrogens with one attached hydrogen (secondary N) is 1. The highest BCUT2D eigenvalue weighted by molar-refractivity contribution is 8.14. The van der Waals surface area contributed by atoms with E-state index in [1.807, 2.05) is 0 Å². The van der Waals surface area contributed by atoms with E-state index in [9.17, 15) is 13.2 Å². The molecule has 1 saturated carbocycles. The molecular weight excluding hydrogens is 306 g/mol. The molecule has 0 unspecified atom stereocenters. The molecule has 0 aromatic carbocycles. The van der Waals surface area contributed by atoms with Gasteiger partial charge in [-0.2, -0.15) is 0 Å². The van der Waals surface area contributed by atoms with Crippen molar-refractivity contribution in [1.82, 2.24) is 0 Å². The van der Waals surface area contributed by atoms with E-state index in [4.69, 9.17) is 10.7 Å². The van der Waals surface area contributed by atoms with Gasteiger partial charge >= 0.3 is 0 Å². The van der Waals surface area contributed by atoms with E-state index in [0.717, 1.165) is 49.0 Å². The zero-order valence-electron chi connectivity index (χ0n) is 10.2. The Labute approximate surface area is 120 Å². The average Bonchev–Trinajstić information content (AvgIpc) is 3.09. The summed E-state index contributed by atoms with van der Waals surface area (Å²) in [6.07, 6.45) is 5.41. The van der Waals surface area contributed by atoms with Crippen LogP contribution in [0.1, 0.15) is 36.1 Å². The second-order valence-electron chi connectivity index (χ2n) is 5.07. The summed E-state index contributed by atoms with van der Waals surface area (Å²) in [6, 6.07) is 0. The molecule has 19 heavy (non-hydrogen) atoms. The summed E-state index contributed by atoms with van der Waals surface area (Å²) in [4.78, 5) is 13.0. The Morgan fingerprint density at radius 1 is 1.26 bits per heavy atom. The number of carbonyl (C=O) groups is 1. The SMILES string of the molecule is O=C(Nc1sc2c(c1S(=O)(=O)Cl)CCCC2)C1CC1. The zero-order chi connectivity index (χ0) is 13.6. The van der Waals surface area contributed by atoms with Gasteiger partial charge in [0.05, 0.1) is 0 Å². The summed E-state index contributed by atoms with van der Waals surface area (Å²) in [5, 5.41) is 3.17. The van der Waals surface area contributed by atoms with E-state index in [2.05, 4.69) is 5.32 Å². The first kappa shape index (κ1) is 13.4. The predicted molar refractivity (Wildman–Crippen MR) is 75.4 cm³/mol. The van der Waals surface area contributed by atoms with Gasteiger partial charge in [0.25, 0.3) is 9.05 Å². The van der Waals surface area contributed by atoms with Crippen molar-refractivity contribution in [2.75, 3.05) is 5.32 Å². The molecule has 0 bridgehead atoms. The van der Waals surface area contributed by atoms with E-state index in [-0.39, 0.29) is 16.7 Å². The molecule has 0 spiro atoms. The first-order valence-corrected chi connectivity index (χ1v) is 9.49. The maximum absolute atomic E-state index is 11.8. The van der Waals surface area contributed by atoms with Crippen LogP contribution in [0.3, 0.4) is 0 Å². The van der Waals surface area contributed by atoms with Crippen LogP contribution in [0.4, 0.5) is 5.00 Å². The van der Waals surface area contributed by atoms with E-state index in [1.165, 1.54) is 11.3 Å². The number of halogens is 1. The summed E-state index contributed by atoms with van der Waals surface area (Å²) >= 11 is 1.37. The Bertz CT molecular complexity index is 632. The number of fused-ring (bicyclic) bond motifs is 1. The van der Waals surface area contributed by atoms with Crippen molar-refractivity contribution in [1.29, 1.82) is 0 Å². The van der Waals surface area contributed by atoms with Gasteiger partial charge in [-0.1, -0.05) is 0 Å². The van der Waals surface area contributed by atoms with Crippen LogP contribution in [0.2, 0.25) is 0 Å². The van der Waals surface area contributed by atoms with E-state index in [0.29, 0.717) is 5.00 Å². The fourth-order valence-corrected chi connectivity index (χ4v) is 5.58. The van der Waals surface area contributed by atoms with Crippen LogP contribution in [0.5, 0.6) is 0 Å². The van der Waals surface area contributed by atoms with Crippen molar-refractivity contribution in [3.63, 3.8) is 0 Å². The molecule has 1 aromatic rings. The molecule has 2 aliphatic carbocycles. The fraction of sp³-hybridized carbons (Fsp3) is 0.583. The molecular formula is C12H14ClNO3S2. The number of rotatable bonds is 3. The molecule has 7 heteroatoms. The molecule has 4 nitrogen and oxygen atoms in total. The lowest BCUT2D eigenvalue weighted by Gasteiger charge is -2.11. The van der Waals surface area contributed by atoms with Crippen LogP contribution in [-0.2, 0) is 26.7 Å². The van der Waals surface area contributed by atoms with Gasteiger partial charge in [0, 0.05) is 21.5 Å².